The predicted molar refractivity (Wildman–Crippen MR) is 128 cm³/mol. The van der Waals surface area contributed by atoms with Crippen molar-refractivity contribution in [2.24, 2.45) is 11.1 Å². The lowest BCUT2D eigenvalue weighted by Gasteiger charge is -2.35. The molecule has 0 spiro atoms. The molecule has 0 aliphatic carbocycles. The van der Waals surface area contributed by atoms with Gasteiger partial charge in [0.2, 0.25) is 5.91 Å². The van der Waals surface area contributed by atoms with Gasteiger partial charge in [-0.3, -0.25) is 9.59 Å². The fourth-order valence-electron chi connectivity index (χ4n) is 3.87. The van der Waals surface area contributed by atoms with Gasteiger partial charge in [-0.1, -0.05) is 20.8 Å². The Balaban J connectivity index is 1.77. The minimum Gasteiger partial charge on any atom is -0.371 e. The van der Waals surface area contributed by atoms with Crippen LogP contribution in [0.2, 0.25) is 0 Å². The first-order valence-corrected chi connectivity index (χ1v) is 11.1. The largest absolute Gasteiger partial charge is 0.409 e. The summed E-state index contributed by atoms with van der Waals surface area (Å²) in [5, 5.41) is 13.0. The Kier molecular flexibility index (Phi) is 7.41. The normalized spacial score (nSPS) is 15.5. The fourth-order valence-corrected chi connectivity index (χ4v) is 3.87. The third-order valence-corrected chi connectivity index (χ3v) is 5.75. The maximum Gasteiger partial charge on any atom is 0.409 e. The van der Waals surface area contributed by atoms with Crippen LogP contribution in [-0.4, -0.2) is 65.3 Å². The minimum atomic E-state index is -4.57. The molecule has 1 unspecified atom stereocenters. The van der Waals surface area contributed by atoms with Gasteiger partial charge < -0.3 is 26.2 Å². The summed E-state index contributed by atoms with van der Waals surface area (Å²) >= 11 is 0. The summed E-state index contributed by atoms with van der Waals surface area (Å²) in [4.78, 5) is 27.2. The Labute approximate surface area is 201 Å². The van der Waals surface area contributed by atoms with Gasteiger partial charge in [0.05, 0.1) is 5.69 Å². The Morgan fingerprint density at radius 1 is 1.03 bits per heavy atom. The Morgan fingerprint density at radius 3 is 2.11 bits per heavy atom. The molecule has 1 aliphatic heterocycles. The Hall–Kier alpha value is -3.57. The van der Waals surface area contributed by atoms with Gasteiger partial charge in [0, 0.05) is 50.5 Å². The number of anilines is 4. The van der Waals surface area contributed by atoms with E-state index >= 15 is 0 Å². The van der Waals surface area contributed by atoms with E-state index in [-0.39, 0.29) is 23.1 Å². The van der Waals surface area contributed by atoms with Gasteiger partial charge in [0.1, 0.15) is 6.04 Å². The first-order valence-electron chi connectivity index (χ1n) is 11.1. The molecule has 1 atom stereocenters. The number of rotatable bonds is 6. The molecule has 3 rings (SSSR count). The van der Waals surface area contributed by atoms with Crippen LogP contribution in [0.4, 0.5) is 36.1 Å². The van der Waals surface area contributed by atoms with Crippen LogP contribution in [0, 0.1) is 5.41 Å². The van der Waals surface area contributed by atoms with Crippen molar-refractivity contribution in [1.29, 1.82) is 0 Å². The molecule has 4 N–H and O–H groups in total. The monoisotopic (exact) mass is 493 g/mol. The van der Waals surface area contributed by atoms with E-state index in [1.807, 2.05) is 12.1 Å². The molecule has 2 amide bonds. The quantitative estimate of drug-likeness (QED) is 0.565. The van der Waals surface area contributed by atoms with Crippen molar-refractivity contribution in [3.8, 4) is 0 Å². The SMILES string of the molecule is CC(=O)N1CCN(c2ccc(Nc3cc(NC(C(C)(C)C)C(F)(F)F)c(C(N)=O)nn3)cc2)CC1. The summed E-state index contributed by atoms with van der Waals surface area (Å²) < 4.78 is 41.0. The molecule has 0 bridgehead atoms. The number of nitrogens with zero attached hydrogens (tertiary/aromatic N) is 4. The summed E-state index contributed by atoms with van der Waals surface area (Å²) in [5.74, 6) is -0.781. The second kappa shape index (κ2) is 9.96. The summed E-state index contributed by atoms with van der Waals surface area (Å²) in [6, 6.07) is 6.74. The zero-order chi connectivity index (χ0) is 26.0. The van der Waals surface area contributed by atoms with E-state index < -0.39 is 23.5 Å². The fraction of sp³-hybridized carbons (Fsp3) is 0.478. The van der Waals surface area contributed by atoms with Gasteiger partial charge in [-0.2, -0.15) is 13.2 Å². The molecule has 12 heteroatoms. The van der Waals surface area contributed by atoms with Crippen molar-refractivity contribution in [1.82, 2.24) is 15.1 Å². The number of carbonyl (C=O) groups excluding carboxylic acids is 2. The van der Waals surface area contributed by atoms with E-state index in [1.54, 1.807) is 24.0 Å². The van der Waals surface area contributed by atoms with Crippen molar-refractivity contribution < 1.29 is 22.8 Å². The molecule has 1 fully saturated rings. The molecule has 190 valence electrons. The van der Waals surface area contributed by atoms with Crippen molar-refractivity contribution in [2.75, 3.05) is 41.7 Å². The highest BCUT2D eigenvalue weighted by Crippen LogP contribution is 2.36. The number of amides is 2. The van der Waals surface area contributed by atoms with E-state index in [0.717, 1.165) is 18.8 Å². The third kappa shape index (κ3) is 6.52. The molecule has 9 nitrogen and oxygen atoms in total. The number of alkyl halides is 3. The van der Waals surface area contributed by atoms with Crippen molar-refractivity contribution in [3.63, 3.8) is 0 Å². The smallest absolute Gasteiger partial charge is 0.371 e. The van der Waals surface area contributed by atoms with Crippen molar-refractivity contribution in [2.45, 2.75) is 39.9 Å². The molecule has 2 heterocycles. The van der Waals surface area contributed by atoms with Gasteiger partial charge in [0.25, 0.3) is 5.91 Å². The maximum atomic E-state index is 13.7. The molecule has 2 aromatic rings. The zero-order valence-electron chi connectivity index (χ0n) is 20.1. The Bertz CT molecular complexity index is 1050. The lowest BCUT2D eigenvalue weighted by molar-refractivity contribution is -0.161. The molecule has 0 saturated carbocycles. The molecule has 0 radical (unpaired) electrons. The molecule has 1 aliphatic rings. The predicted octanol–water partition coefficient (Wildman–Crippen LogP) is 3.38. The molecule has 1 aromatic heterocycles. The maximum absolute atomic E-state index is 13.7. The summed E-state index contributed by atoms with van der Waals surface area (Å²) in [6.07, 6.45) is -4.57. The number of hydrogen-bond donors (Lipinski definition) is 3. The average Bonchev–Trinajstić information content (AvgIpc) is 2.76. The minimum absolute atomic E-state index is 0.0607. The van der Waals surface area contributed by atoms with Crippen molar-refractivity contribution >= 4 is 34.7 Å². The summed E-state index contributed by atoms with van der Waals surface area (Å²) in [5.41, 5.74) is 5.19. The van der Waals surface area contributed by atoms with Crippen LogP contribution in [0.1, 0.15) is 38.2 Å². The van der Waals surface area contributed by atoms with Crippen LogP contribution in [0.15, 0.2) is 30.3 Å². The highest BCUT2D eigenvalue weighted by molar-refractivity contribution is 5.96. The number of hydrogen-bond acceptors (Lipinski definition) is 7. The number of halogens is 3. The highest BCUT2D eigenvalue weighted by Gasteiger charge is 2.47. The van der Waals surface area contributed by atoms with E-state index in [0.29, 0.717) is 18.8 Å². The third-order valence-electron chi connectivity index (χ3n) is 5.75. The number of nitrogens with two attached hydrogens (primary N) is 1. The highest BCUT2D eigenvalue weighted by atomic mass is 19.4. The number of carbonyl (C=O) groups is 2. The van der Waals surface area contributed by atoms with Gasteiger partial charge >= 0.3 is 6.18 Å². The molecule has 35 heavy (non-hydrogen) atoms. The van der Waals surface area contributed by atoms with E-state index in [9.17, 15) is 22.8 Å². The van der Waals surface area contributed by atoms with Gasteiger partial charge in [-0.15, -0.1) is 10.2 Å². The molecular weight excluding hydrogens is 463 g/mol. The molecular formula is C23H30F3N7O2. The van der Waals surface area contributed by atoms with Crippen molar-refractivity contribution in [3.05, 3.63) is 36.0 Å². The van der Waals surface area contributed by atoms with E-state index in [1.165, 1.54) is 26.8 Å². The number of aromatic nitrogens is 2. The standard InChI is InChI=1S/C23H30F3N7O2/c1-14(34)32-9-11-33(12-10-32)16-7-5-15(6-8-16)28-18-13-17(19(20(27)35)31-30-18)29-21(22(2,3)4)23(24,25)26/h5-8,13,21H,9-12H2,1-4H3,(H2,27,35)(H2,28,29,30). The Morgan fingerprint density at radius 2 is 1.63 bits per heavy atom. The van der Waals surface area contributed by atoms with Crippen LogP contribution in [-0.2, 0) is 4.79 Å². The first-order chi connectivity index (χ1) is 16.3. The van der Waals surface area contributed by atoms with Crippen LogP contribution in [0.25, 0.3) is 0 Å². The average molecular weight is 494 g/mol. The van der Waals surface area contributed by atoms with Gasteiger partial charge in [-0.05, 0) is 29.7 Å². The summed E-state index contributed by atoms with van der Waals surface area (Å²) in [6.45, 7) is 8.63. The van der Waals surface area contributed by atoms with E-state index in [4.69, 9.17) is 5.73 Å². The lowest BCUT2D eigenvalue weighted by atomic mass is 9.86. The number of benzene rings is 1. The van der Waals surface area contributed by atoms with Crippen LogP contribution in [0.5, 0.6) is 0 Å². The number of piperazine rings is 1. The molecule has 1 saturated heterocycles. The molecule has 1 aromatic carbocycles. The van der Waals surface area contributed by atoms with E-state index in [2.05, 4.69) is 25.7 Å². The first kappa shape index (κ1) is 26.0. The lowest BCUT2D eigenvalue weighted by Crippen LogP contribution is -2.48. The second-order valence-electron chi connectivity index (χ2n) is 9.51. The summed E-state index contributed by atoms with van der Waals surface area (Å²) in [7, 11) is 0. The second-order valence-corrected chi connectivity index (χ2v) is 9.51. The van der Waals surface area contributed by atoms with Crippen LogP contribution < -0.4 is 21.3 Å². The van der Waals surface area contributed by atoms with Crippen LogP contribution in [0.3, 0.4) is 0 Å². The van der Waals surface area contributed by atoms with Crippen LogP contribution >= 0.6 is 0 Å². The van der Waals surface area contributed by atoms with Gasteiger partial charge in [-0.25, -0.2) is 0 Å². The number of primary amides is 1. The van der Waals surface area contributed by atoms with Gasteiger partial charge in [0.15, 0.2) is 11.5 Å². The topological polar surface area (TPSA) is 116 Å². The number of nitrogens with one attached hydrogen (secondary N) is 2. The zero-order valence-corrected chi connectivity index (χ0v) is 20.1.